The van der Waals surface area contributed by atoms with Crippen LogP contribution >= 0.6 is 0 Å². The molecule has 1 saturated carbocycles. The second kappa shape index (κ2) is 5.53. The van der Waals surface area contributed by atoms with Crippen LogP contribution < -0.4 is 0 Å². The van der Waals surface area contributed by atoms with Crippen LogP contribution in [0.3, 0.4) is 0 Å². The highest BCUT2D eigenvalue weighted by atomic mass is 16.5. The number of ether oxygens (including phenoxy) is 2. The first-order chi connectivity index (χ1) is 7.19. The fraction of sp³-hybridized carbons (Fsp3) is 0.636. The molecular formula is C11H16O4. The molecule has 0 spiro atoms. The van der Waals surface area contributed by atoms with Crippen molar-refractivity contribution in [3.8, 4) is 0 Å². The summed E-state index contributed by atoms with van der Waals surface area (Å²) in [4.78, 5) is 22.7. The van der Waals surface area contributed by atoms with Gasteiger partial charge in [0.25, 0.3) is 0 Å². The van der Waals surface area contributed by atoms with Gasteiger partial charge in [-0.25, -0.2) is 4.79 Å². The summed E-state index contributed by atoms with van der Waals surface area (Å²) in [5.74, 6) is -0.738. The summed E-state index contributed by atoms with van der Waals surface area (Å²) in [7, 11) is 0. The molecule has 15 heavy (non-hydrogen) atoms. The Morgan fingerprint density at radius 1 is 1.13 bits per heavy atom. The van der Waals surface area contributed by atoms with Crippen molar-refractivity contribution in [2.75, 3.05) is 13.2 Å². The SMILES string of the molecule is CCOC(=O)CC(C(=O)OCC)=C1CC1. The number of hydrogen-bond donors (Lipinski definition) is 0. The van der Waals surface area contributed by atoms with Crippen LogP contribution in [0.5, 0.6) is 0 Å². The summed E-state index contributed by atoms with van der Waals surface area (Å²) in [6.45, 7) is 4.16. The van der Waals surface area contributed by atoms with Gasteiger partial charge in [0.05, 0.1) is 19.6 Å². The number of esters is 2. The Kier molecular flexibility index (Phi) is 4.34. The zero-order chi connectivity index (χ0) is 11.3. The molecule has 1 rings (SSSR count). The Morgan fingerprint density at radius 2 is 1.73 bits per heavy atom. The third-order valence-corrected chi connectivity index (χ3v) is 2.08. The first-order valence-electron chi connectivity index (χ1n) is 5.22. The Bertz CT molecular complexity index is 285. The summed E-state index contributed by atoms with van der Waals surface area (Å²) in [6.07, 6.45) is 1.84. The fourth-order valence-corrected chi connectivity index (χ4v) is 1.28. The highest BCUT2D eigenvalue weighted by molar-refractivity contribution is 5.95. The molecule has 0 bridgehead atoms. The van der Waals surface area contributed by atoms with Crippen molar-refractivity contribution < 1.29 is 19.1 Å². The monoisotopic (exact) mass is 212 g/mol. The van der Waals surface area contributed by atoms with Gasteiger partial charge >= 0.3 is 11.9 Å². The molecule has 4 heteroatoms. The van der Waals surface area contributed by atoms with Crippen molar-refractivity contribution in [2.24, 2.45) is 0 Å². The summed E-state index contributed by atoms with van der Waals surface area (Å²) in [5, 5.41) is 0. The van der Waals surface area contributed by atoms with E-state index < -0.39 is 0 Å². The van der Waals surface area contributed by atoms with E-state index >= 15 is 0 Å². The Morgan fingerprint density at radius 3 is 2.20 bits per heavy atom. The Labute approximate surface area is 89.2 Å². The maximum absolute atomic E-state index is 11.5. The van der Waals surface area contributed by atoms with Gasteiger partial charge in [-0.1, -0.05) is 5.57 Å². The van der Waals surface area contributed by atoms with Crippen molar-refractivity contribution >= 4 is 11.9 Å². The lowest BCUT2D eigenvalue weighted by Gasteiger charge is -2.06. The van der Waals surface area contributed by atoms with Gasteiger partial charge in [0, 0.05) is 5.57 Å². The lowest BCUT2D eigenvalue weighted by atomic mass is 10.1. The lowest BCUT2D eigenvalue weighted by molar-refractivity contribution is -0.145. The van der Waals surface area contributed by atoms with Crippen LogP contribution in [-0.2, 0) is 19.1 Å². The van der Waals surface area contributed by atoms with Gasteiger partial charge in [-0.3, -0.25) is 4.79 Å². The molecule has 0 aromatic heterocycles. The molecule has 0 saturated heterocycles. The smallest absolute Gasteiger partial charge is 0.334 e. The molecular weight excluding hydrogens is 196 g/mol. The minimum absolute atomic E-state index is 0.0437. The third-order valence-electron chi connectivity index (χ3n) is 2.08. The second-order valence-corrected chi connectivity index (χ2v) is 3.28. The molecule has 1 fully saturated rings. The maximum atomic E-state index is 11.5. The quantitative estimate of drug-likeness (QED) is 0.513. The molecule has 1 aliphatic rings. The van der Waals surface area contributed by atoms with Gasteiger partial charge in [0.2, 0.25) is 0 Å². The number of carbonyl (C=O) groups excluding carboxylic acids is 2. The van der Waals surface area contributed by atoms with Crippen molar-refractivity contribution in [3.63, 3.8) is 0 Å². The van der Waals surface area contributed by atoms with E-state index in [9.17, 15) is 9.59 Å². The molecule has 0 heterocycles. The molecule has 0 aromatic rings. The first kappa shape index (κ1) is 11.8. The Balaban J connectivity index is 2.57. The molecule has 0 aliphatic heterocycles. The van der Waals surface area contributed by atoms with Crippen molar-refractivity contribution in [2.45, 2.75) is 33.1 Å². The minimum atomic E-state index is -0.377. The average Bonchev–Trinajstić information content (AvgIpc) is 2.98. The zero-order valence-electron chi connectivity index (χ0n) is 9.17. The van der Waals surface area contributed by atoms with Crippen molar-refractivity contribution in [3.05, 3.63) is 11.1 Å². The molecule has 0 amide bonds. The van der Waals surface area contributed by atoms with Crippen molar-refractivity contribution in [1.82, 2.24) is 0 Å². The summed E-state index contributed by atoms with van der Waals surface area (Å²) < 4.78 is 9.68. The highest BCUT2D eigenvalue weighted by Gasteiger charge is 2.26. The van der Waals surface area contributed by atoms with Crippen LogP contribution in [0, 0.1) is 0 Å². The highest BCUT2D eigenvalue weighted by Crippen LogP contribution is 2.33. The molecule has 1 aliphatic carbocycles. The van der Waals surface area contributed by atoms with E-state index in [0.29, 0.717) is 18.8 Å². The average molecular weight is 212 g/mol. The van der Waals surface area contributed by atoms with Gasteiger partial charge in [0.1, 0.15) is 0 Å². The summed E-state index contributed by atoms with van der Waals surface area (Å²) in [5.41, 5.74) is 1.52. The van der Waals surface area contributed by atoms with Gasteiger partial charge < -0.3 is 9.47 Å². The molecule has 0 radical (unpaired) electrons. The lowest BCUT2D eigenvalue weighted by Crippen LogP contribution is -2.13. The fourth-order valence-electron chi connectivity index (χ4n) is 1.28. The van der Waals surface area contributed by atoms with Crippen LogP contribution in [0.15, 0.2) is 11.1 Å². The summed E-state index contributed by atoms with van der Waals surface area (Å²) in [6, 6.07) is 0. The van der Waals surface area contributed by atoms with E-state index in [0.717, 1.165) is 18.4 Å². The second-order valence-electron chi connectivity index (χ2n) is 3.28. The van der Waals surface area contributed by atoms with E-state index in [1.54, 1.807) is 13.8 Å². The molecule has 84 valence electrons. The maximum Gasteiger partial charge on any atom is 0.334 e. The molecule has 0 atom stereocenters. The van der Waals surface area contributed by atoms with E-state index in [2.05, 4.69) is 0 Å². The van der Waals surface area contributed by atoms with Gasteiger partial charge in [-0.15, -0.1) is 0 Å². The number of carbonyl (C=O) groups is 2. The van der Waals surface area contributed by atoms with Gasteiger partial charge in [-0.2, -0.15) is 0 Å². The van der Waals surface area contributed by atoms with Crippen LogP contribution in [0.4, 0.5) is 0 Å². The number of rotatable bonds is 5. The predicted molar refractivity (Wildman–Crippen MR) is 54.1 cm³/mol. The predicted octanol–water partition coefficient (Wildman–Crippen LogP) is 1.59. The normalized spacial score (nSPS) is 13.3. The van der Waals surface area contributed by atoms with Crippen molar-refractivity contribution in [1.29, 1.82) is 0 Å². The van der Waals surface area contributed by atoms with Crippen LogP contribution in [0.1, 0.15) is 33.1 Å². The van der Waals surface area contributed by atoms with Crippen LogP contribution in [0.25, 0.3) is 0 Å². The first-order valence-corrected chi connectivity index (χ1v) is 5.22. The number of hydrogen-bond acceptors (Lipinski definition) is 4. The molecule has 0 aromatic carbocycles. The van der Waals surface area contributed by atoms with Gasteiger partial charge in [0.15, 0.2) is 0 Å². The minimum Gasteiger partial charge on any atom is -0.466 e. The Hall–Kier alpha value is -1.32. The standard InChI is InChI=1S/C11H16O4/c1-3-14-10(12)7-9(8-5-6-8)11(13)15-4-2/h3-7H2,1-2H3. The third kappa shape index (κ3) is 3.73. The van der Waals surface area contributed by atoms with Gasteiger partial charge in [-0.05, 0) is 26.7 Å². The molecule has 0 unspecified atom stereocenters. The van der Waals surface area contributed by atoms with E-state index in [4.69, 9.17) is 9.47 Å². The van der Waals surface area contributed by atoms with E-state index in [1.165, 1.54) is 0 Å². The molecule has 4 nitrogen and oxygen atoms in total. The summed E-state index contributed by atoms with van der Waals surface area (Å²) >= 11 is 0. The topological polar surface area (TPSA) is 52.6 Å². The van der Waals surface area contributed by atoms with Crippen LogP contribution in [0.2, 0.25) is 0 Å². The zero-order valence-corrected chi connectivity index (χ0v) is 9.17. The van der Waals surface area contributed by atoms with E-state index in [-0.39, 0.29) is 18.4 Å². The molecule has 0 N–H and O–H groups in total. The van der Waals surface area contributed by atoms with E-state index in [1.807, 2.05) is 0 Å². The van der Waals surface area contributed by atoms with Crippen LogP contribution in [-0.4, -0.2) is 25.2 Å². The number of allylic oxidation sites excluding steroid dienone is 1. The largest absolute Gasteiger partial charge is 0.466 e.